The second-order valence-corrected chi connectivity index (χ2v) is 5.14. The summed E-state index contributed by atoms with van der Waals surface area (Å²) < 4.78 is 0. The quantitative estimate of drug-likeness (QED) is 0.892. The minimum Gasteiger partial charge on any atom is -0.300 e. The molecule has 0 aromatic carbocycles. The van der Waals surface area contributed by atoms with E-state index < -0.39 is 11.9 Å². The molecule has 0 aliphatic carbocycles. The standard InChI is InChI=1S/C9H9N3O3S2/c1-5(12-6(13)4-17-9(12)15)7(14)11-8-10-2-3-16-8/h2-3,5H,4H2,1H3,(H,10,11,14)/t5-/m0/s1. The molecule has 8 heteroatoms. The van der Waals surface area contributed by atoms with E-state index >= 15 is 0 Å². The predicted octanol–water partition coefficient (Wildman–Crippen LogP) is 1.17. The van der Waals surface area contributed by atoms with Crippen molar-refractivity contribution in [1.29, 1.82) is 0 Å². The van der Waals surface area contributed by atoms with Crippen molar-refractivity contribution in [2.75, 3.05) is 11.1 Å². The zero-order valence-corrected chi connectivity index (χ0v) is 10.5. The highest BCUT2D eigenvalue weighted by Gasteiger charge is 2.37. The van der Waals surface area contributed by atoms with E-state index in [0.29, 0.717) is 5.13 Å². The Morgan fingerprint density at radius 1 is 1.59 bits per heavy atom. The molecule has 3 amide bonds. The first-order chi connectivity index (χ1) is 8.09. The molecule has 17 heavy (non-hydrogen) atoms. The number of rotatable bonds is 3. The molecule has 2 rings (SSSR count). The van der Waals surface area contributed by atoms with Gasteiger partial charge < -0.3 is 5.32 Å². The highest BCUT2D eigenvalue weighted by molar-refractivity contribution is 8.14. The number of hydrogen-bond donors (Lipinski definition) is 1. The van der Waals surface area contributed by atoms with Gasteiger partial charge in [-0.15, -0.1) is 11.3 Å². The lowest BCUT2D eigenvalue weighted by Gasteiger charge is -2.19. The number of anilines is 1. The Morgan fingerprint density at radius 2 is 2.35 bits per heavy atom. The largest absolute Gasteiger partial charge is 0.300 e. The van der Waals surface area contributed by atoms with Crippen LogP contribution in [0.1, 0.15) is 6.92 Å². The Hall–Kier alpha value is -1.41. The van der Waals surface area contributed by atoms with Crippen LogP contribution in [0.25, 0.3) is 0 Å². The highest BCUT2D eigenvalue weighted by Crippen LogP contribution is 2.22. The van der Waals surface area contributed by atoms with Crippen LogP contribution in [0.4, 0.5) is 9.93 Å². The van der Waals surface area contributed by atoms with Crippen LogP contribution in [0.3, 0.4) is 0 Å². The lowest BCUT2D eigenvalue weighted by atomic mass is 10.3. The van der Waals surface area contributed by atoms with E-state index in [1.54, 1.807) is 11.6 Å². The van der Waals surface area contributed by atoms with E-state index in [1.165, 1.54) is 18.3 Å². The summed E-state index contributed by atoms with van der Waals surface area (Å²) in [7, 11) is 0. The first-order valence-electron chi connectivity index (χ1n) is 4.79. The number of carbonyl (C=O) groups excluding carboxylic acids is 3. The average molecular weight is 271 g/mol. The number of imide groups is 1. The van der Waals surface area contributed by atoms with Crippen LogP contribution in [0.15, 0.2) is 11.6 Å². The van der Waals surface area contributed by atoms with Gasteiger partial charge in [0, 0.05) is 11.6 Å². The van der Waals surface area contributed by atoms with Gasteiger partial charge in [-0.05, 0) is 6.92 Å². The van der Waals surface area contributed by atoms with Crippen molar-refractivity contribution >= 4 is 45.3 Å². The number of nitrogens with zero attached hydrogens (tertiary/aromatic N) is 2. The summed E-state index contributed by atoms with van der Waals surface area (Å²) in [6, 6.07) is -0.811. The van der Waals surface area contributed by atoms with Gasteiger partial charge in [-0.1, -0.05) is 11.8 Å². The maximum Gasteiger partial charge on any atom is 0.289 e. The Bertz CT molecular complexity index is 444. The van der Waals surface area contributed by atoms with Crippen LogP contribution in [0.5, 0.6) is 0 Å². The molecule has 90 valence electrons. The van der Waals surface area contributed by atoms with Crippen molar-refractivity contribution in [1.82, 2.24) is 9.88 Å². The van der Waals surface area contributed by atoms with Gasteiger partial charge in [-0.3, -0.25) is 19.3 Å². The molecular formula is C9H9N3O3S2. The van der Waals surface area contributed by atoms with Gasteiger partial charge in [0.15, 0.2) is 5.13 Å². The monoisotopic (exact) mass is 271 g/mol. The van der Waals surface area contributed by atoms with E-state index in [-0.39, 0.29) is 16.9 Å². The Balaban J connectivity index is 2.04. The third-order valence-corrected chi connectivity index (χ3v) is 3.74. The number of nitrogens with one attached hydrogen (secondary N) is 1. The van der Waals surface area contributed by atoms with Crippen molar-refractivity contribution in [2.24, 2.45) is 0 Å². The first kappa shape index (κ1) is 12.1. The molecule has 1 aliphatic heterocycles. The second-order valence-electron chi connectivity index (χ2n) is 3.32. The molecule has 1 fully saturated rings. The summed E-state index contributed by atoms with van der Waals surface area (Å²) in [6.07, 6.45) is 1.56. The zero-order valence-electron chi connectivity index (χ0n) is 8.87. The van der Waals surface area contributed by atoms with E-state index in [0.717, 1.165) is 16.7 Å². The van der Waals surface area contributed by atoms with Gasteiger partial charge in [0.05, 0.1) is 5.75 Å². The third kappa shape index (κ3) is 2.47. The fourth-order valence-electron chi connectivity index (χ4n) is 1.35. The van der Waals surface area contributed by atoms with Crippen LogP contribution in [0, 0.1) is 0 Å². The van der Waals surface area contributed by atoms with Crippen molar-refractivity contribution in [3.8, 4) is 0 Å². The number of thiazole rings is 1. The molecule has 1 saturated heterocycles. The van der Waals surface area contributed by atoms with Crippen LogP contribution >= 0.6 is 23.1 Å². The third-order valence-electron chi connectivity index (χ3n) is 2.21. The molecule has 1 N–H and O–H groups in total. The summed E-state index contributed by atoms with van der Waals surface area (Å²) >= 11 is 2.19. The number of carbonyl (C=O) groups is 3. The summed E-state index contributed by atoms with van der Waals surface area (Å²) in [6.45, 7) is 1.52. The van der Waals surface area contributed by atoms with E-state index in [1.807, 2.05) is 0 Å². The predicted molar refractivity (Wildman–Crippen MR) is 64.9 cm³/mol. The SMILES string of the molecule is C[C@@H](C(=O)Nc1nccs1)N1C(=O)CSC1=O. The molecule has 1 atom stereocenters. The topological polar surface area (TPSA) is 79.4 Å². The van der Waals surface area contributed by atoms with Gasteiger partial charge in [-0.2, -0.15) is 0 Å². The first-order valence-corrected chi connectivity index (χ1v) is 6.65. The Morgan fingerprint density at radius 3 is 2.88 bits per heavy atom. The van der Waals surface area contributed by atoms with Gasteiger partial charge in [0.2, 0.25) is 11.8 Å². The highest BCUT2D eigenvalue weighted by atomic mass is 32.2. The molecule has 1 aliphatic rings. The molecule has 1 aromatic heterocycles. The lowest BCUT2D eigenvalue weighted by molar-refractivity contribution is -0.131. The normalized spacial score (nSPS) is 17.4. The number of aromatic nitrogens is 1. The molecule has 1 aromatic rings. The maximum absolute atomic E-state index is 11.8. The van der Waals surface area contributed by atoms with Crippen LogP contribution in [-0.4, -0.2) is 38.7 Å². The van der Waals surface area contributed by atoms with Crippen molar-refractivity contribution in [3.05, 3.63) is 11.6 Å². The van der Waals surface area contributed by atoms with Crippen molar-refractivity contribution in [2.45, 2.75) is 13.0 Å². The number of thioether (sulfide) groups is 1. The minimum atomic E-state index is -0.811. The van der Waals surface area contributed by atoms with Crippen molar-refractivity contribution in [3.63, 3.8) is 0 Å². The average Bonchev–Trinajstić information content (AvgIpc) is 2.89. The van der Waals surface area contributed by atoms with E-state index in [9.17, 15) is 14.4 Å². The van der Waals surface area contributed by atoms with E-state index in [4.69, 9.17) is 0 Å². The molecule has 0 radical (unpaired) electrons. The fraction of sp³-hybridized carbons (Fsp3) is 0.333. The molecular weight excluding hydrogens is 262 g/mol. The Labute approximate surface area is 105 Å². The van der Waals surface area contributed by atoms with E-state index in [2.05, 4.69) is 10.3 Å². The van der Waals surface area contributed by atoms with Crippen LogP contribution in [0.2, 0.25) is 0 Å². The summed E-state index contributed by atoms with van der Waals surface area (Å²) in [5.74, 6) is -0.640. The smallest absolute Gasteiger partial charge is 0.289 e. The van der Waals surface area contributed by atoms with Gasteiger partial charge in [0.1, 0.15) is 6.04 Å². The molecule has 0 saturated carbocycles. The number of amides is 3. The van der Waals surface area contributed by atoms with Gasteiger partial charge >= 0.3 is 0 Å². The number of hydrogen-bond acceptors (Lipinski definition) is 6. The molecule has 0 bridgehead atoms. The molecule has 2 heterocycles. The molecule has 0 spiro atoms. The van der Waals surface area contributed by atoms with Gasteiger partial charge in [0.25, 0.3) is 5.24 Å². The van der Waals surface area contributed by atoms with Gasteiger partial charge in [-0.25, -0.2) is 4.98 Å². The van der Waals surface area contributed by atoms with Crippen LogP contribution < -0.4 is 5.32 Å². The molecule has 6 nitrogen and oxygen atoms in total. The maximum atomic E-state index is 11.8. The summed E-state index contributed by atoms with van der Waals surface area (Å²) in [4.78, 5) is 39.5. The van der Waals surface area contributed by atoms with Crippen LogP contribution in [-0.2, 0) is 9.59 Å². The zero-order chi connectivity index (χ0) is 12.4. The lowest BCUT2D eigenvalue weighted by Crippen LogP contribution is -2.44. The summed E-state index contributed by atoms with van der Waals surface area (Å²) in [5, 5.41) is 4.35. The second kappa shape index (κ2) is 4.84. The van der Waals surface area contributed by atoms with Crippen molar-refractivity contribution < 1.29 is 14.4 Å². The molecule has 0 unspecified atom stereocenters. The fourth-order valence-corrected chi connectivity index (χ4v) is 2.67. The minimum absolute atomic E-state index is 0.105. The Kier molecular flexibility index (Phi) is 3.43. The summed E-state index contributed by atoms with van der Waals surface area (Å²) in [5.41, 5.74) is 0.